The van der Waals surface area contributed by atoms with Gasteiger partial charge in [0, 0.05) is 19.3 Å². The summed E-state index contributed by atoms with van der Waals surface area (Å²) >= 11 is 0. The molecule has 0 spiro atoms. The summed E-state index contributed by atoms with van der Waals surface area (Å²) in [7, 11) is 5.41. The second-order valence-electron chi connectivity index (χ2n) is 17.0. The number of quaternary nitrogens is 1. The van der Waals surface area contributed by atoms with Crippen LogP contribution >= 0.6 is 0 Å². The maximum Gasteiger partial charge on any atom is 0.306 e. The van der Waals surface area contributed by atoms with Crippen molar-refractivity contribution in [3.05, 3.63) is 36.5 Å². The van der Waals surface area contributed by atoms with E-state index in [1.165, 1.54) is 109 Å². The third kappa shape index (κ3) is 38.8. The van der Waals surface area contributed by atoms with E-state index in [2.05, 4.69) is 50.3 Å². The largest absolute Gasteiger partial charge is 0.544 e. The van der Waals surface area contributed by atoms with Crippen LogP contribution in [-0.4, -0.2) is 75.5 Å². The molecule has 2 unspecified atom stereocenters. The second kappa shape index (κ2) is 40.3. The number of esters is 2. The zero-order valence-electron chi connectivity index (χ0n) is 37.8. The Morgan fingerprint density at radius 1 is 0.526 bits per heavy atom. The number of ether oxygens (including phenoxy) is 3. The Bertz CT molecular complexity index is 1030. The fourth-order valence-electron chi connectivity index (χ4n) is 6.80. The number of allylic oxidation sites excluding steroid dienone is 6. The zero-order valence-corrected chi connectivity index (χ0v) is 37.8. The standard InChI is InChI=1S/C49H89NO7/c1-6-8-10-12-14-16-18-20-22-24-26-28-30-32-34-36-38-40-48(52)57-45(43-55-42-41-46(49(53)54)50(3,4)5)44-56-47(51)39-37-35-33-31-29-27-25-23-21-19-17-15-13-11-9-7-2/h14,16,20,22-23,25,45-46H,6-13,15,17-19,21,24,26-44H2,1-5H3/b16-14+,22-20+,25-23+. The van der Waals surface area contributed by atoms with Crippen molar-refractivity contribution in [3.63, 3.8) is 0 Å². The number of hydrogen-bond acceptors (Lipinski definition) is 7. The van der Waals surface area contributed by atoms with Gasteiger partial charge >= 0.3 is 11.9 Å². The van der Waals surface area contributed by atoms with Crippen molar-refractivity contribution >= 4 is 17.9 Å². The van der Waals surface area contributed by atoms with Gasteiger partial charge in [0.15, 0.2) is 6.10 Å². The molecule has 8 nitrogen and oxygen atoms in total. The first-order chi connectivity index (χ1) is 27.6. The molecule has 0 aromatic carbocycles. The van der Waals surface area contributed by atoms with Crippen molar-refractivity contribution in [1.29, 1.82) is 0 Å². The maximum atomic E-state index is 12.7. The molecule has 0 aliphatic carbocycles. The van der Waals surface area contributed by atoms with Gasteiger partial charge in [-0.15, -0.1) is 0 Å². The Morgan fingerprint density at radius 2 is 0.930 bits per heavy atom. The lowest BCUT2D eigenvalue weighted by Gasteiger charge is -2.34. The number of nitrogens with zero attached hydrogens (tertiary/aromatic N) is 1. The van der Waals surface area contributed by atoms with Crippen LogP contribution in [0, 0.1) is 0 Å². The van der Waals surface area contributed by atoms with Crippen molar-refractivity contribution in [1.82, 2.24) is 0 Å². The van der Waals surface area contributed by atoms with Crippen molar-refractivity contribution in [3.8, 4) is 0 Å². The minimum atomic E-state index is -1.13. The Morgan fingerprint density at radius 3 is 1.40 bits per heavy atom. The Balaban J connectivity index is 4.33. The van der Waals surface area contributed by atoms with Gasteiger partial charge in [-0.3, -0.25) is 9.59 Å². The first-order valence-corrected chi connectivity index (χ1v) is 23.5. The number of carbonyl (C=O) groups is 3. The van der Waals surface area contributed by atoms with E-state index in [0.29, 0.717) is 12.8 Å². The summed E-state index contributed by atoms with van der Waals surface area (Å²) in [5.41, 5.74) is 0. The summed E-state index contributed by atoms with van der Waals surface area (Å²) in [6.07, 6.45) is 45.9. The monoisotopic (exact) mass is 804 g/mol. The van der Waals surface area contributed by atoms with E-state index >= 15 is 0 Å². The van der Waals surface area contributed by atoms with Crippen LogP contribution in [0.5, 0.6) is 0 Å². The molecule has 0 bridgehead atoms. The summed E-state index contributed by atoms with van der Waals surface area (Å²) < 4.78 is 17.2. The number of hydrogen-bond donors (Lipinski definition) is 0. The third-order valence-corrected chi connectivity index (χ3v) is 10.5. The molecule has 0 heterocycles. The number of carbonyl (C=O) groups excluding carboxylic acids is 3. The predicted molar refractivity (Wildman–Crippen MR) is 236 cm³/mol. The van der Waals surface area contributed by atoms with Gasteiger partial charge in [0.05, 0.1) is 40.3 Å². The van der Waals surface area contributed by atoms with E-state index in [1.807, 2.05) is 0 Å². The molecule has 2 atom stereocenters. The van der Waals surface area contributed by atoms with Crippen molar-refractivity contribution in [2.24, 2.45) is 0 Å². The molecule has 0 radical (unpaired) electrons. The molecule has 0 aromatic heterocycles. The Kier molecular flexibility index (Phi) is 38.6. The topological polar surface area (TPSA) is 102 Å². The van der Waals surface area contributed by atoms with E-state index in [-0.39, 0.29) is 42.7 Å². The highest BCUT2D eigenvalue weighted by Gasteiger charge is 2.25. The van der Waals surface area contributed by atoms with E-state index in [9.17, 15) is 19.5 Å². The number of aliphatic carboxylic acids is 1. The highest BCUT2D eigenvalue weighted by molar-refractivity contribution is 5.70. The van der Waals surface area contributed by atoms with E-state index < -0.39 is 18.1 Å². The summed E-state index contributed by atoms with van der Waals surface area (Å²) in [6, 6.07) is -0.728. The molecule has 0 rings (SSSR count). The van der Waals surface area contributed by atoms with Crippen molar-refractivity contribution < 1.29 is 38.2 Å². The lowest BCUT2D eigenvalue weighted by molar-refractivity contribution is -0.889. The van der Waals surface area contributed by atoms with E-state index in [1.54, 1.807) is 21.1 Å². The van der Waals surface area contributed by atoms with Gasteiger partial charge in [-0.25, -0.2) is 0 Å². The molecule has 0 amide bonds. The molecule has 0 aliphatic heterocycles. The average molecular weight is 804 g/mol. The van der Waals surface area contributed by atoms with Crippen molar-refractivity contribution in [2.45, 2.75) is 219 Å². The zero-order chi connectivity index (χ0) is 42.1. The molecular formula is C49H89NO7. The van der Waals surface area contributed by atoms with E-state index in [0.717, 1.165) is 64.2 Å². The first-order valence-electron chi connectivity index (χ1n) is 23.5. The molecule has 332 valence electrons. The normalized spacial score (nSPS) is 13.2. The van der Waals surface area contributed by atoms with Crippen LogP contribution in [0.2, 0.25) is 0 Å². The lowest BCUT2D eigenvalue weighted by Crippen LogP contribution is -2.55. The van der Waals surface area contributed by atoms with Crippen LogP contribution < -0.4 is 5.11 Å². The first kappa shape index (κ1) is 54.6. The summed E-state index contributed by atoms with van der Waals surface area (Å²) in [5, 5.41) is 11.6. The number of carboxylic acid groups (broad SMARTS) is 1. The SMILES string of the molecule is CCCCC/C=C/C/C=C/CCCCCCCCCC(=O)OC(COCCC(C(=O)[O-])[N+](C)(C)C)COC(=O)CCCCCCC/C=C/CCCCCCCCC. The van der Waals surface area contributed by atoms with Gasteiger partial charge in [0.1, 0.15) is 12.6 Å². The van der Waals surface area contributed by atoms with Crippen LogP contribution in [0.1, 0.15) is 206 Å². The van der Waals surface area contributed by atoms with Crippen LogP contribution in [0.3, 0.4) is 0 Å². The van der Waals surface area contributed by atoms with E-state index in [4.69, 9.17) is 14.2 Å². The van der Waals surface area contributed by atoms with Crippen LogP contribution in [0.25, 0.3) is 0 Å². The summed E-state index contributed by atoms with van der Waals surface area (Å²) in [4.78, 5) is 36.9. The molecule has 0 fully saturated rings. The maximum absolute atomic E-state index is 12.7. The van der Waals surface area contributed by atoms with Gasteiger partial charge in [-0.05, 0) is 70.6 Å². The molecule has 0 saturated heterocycles. The average Bonchev–Trinajstić information content (AvgIpc) is 3.17. The van der Waals surface area contributed by atoms with Gasteiger partial charge in [0.25, 0.3) is 0 Å². The number of unbranched alkanes of at least 4 members (excludes halogenated alkanes) is 22. The number of carboxylic acids is 1. The minimum absolute atomic E-state index is 0.0361. The van der Waals surface area contributed by atoms with Crippen molar-refractivity contribution in [2.75, 3.05) is 41.0 Å². The van der Waals surface area contributed by atoms with Gasteiger partial charge in [-0.2, -0.15) is 0 Å². The van der Waals surface area contributed by atoms with Gasteiger partial charge < -0.3 is 28.6 Å². The summed E-state index contributed by atoms with van der Waals surface area (Å²) in [6.45, 7) is 4.63. The fraction of sp³-hybridized carbons (Fsp3) is 0.816. The van der Waals surface area contributed by atoms with Crippen LogP contribution in [0.4, 0.5) is 0 Å². The molecule has 0 aliphatic rings. The molecule has 0 saturated carbocycles. The Labute approximate surface area is 351 Å². The fourth-order valence-corrected chi connectivity index (χ4v) is 6.80. The summed E-state index contributed by atoms with van der Waals surface area (Å²) in [5.74, 6) is -1.75. The second-order valence-corrected chi connectivity index (χ2v) is 17.0. The smallest absolute Gasteiger partial charge is 0.306 e. The highest BCUT2D eigenvalue weighted by atomic mass is 16.6. The number of likely N-dealkylation sites (N-methyl/N-ethyl adjacent to an activating group) is 1. The highest BCUT2D eigenvalue weighted by Crippen LogP contribution is 2.14. The lowest BCUT2D eigenvalue weighted by atomic mass is 10.1. The predicted octanol–water partition coefficient (Wildman–Crippen LogP) is 11.7. The van der Waals surface area contributed by atoms with Crippen LogP contribution in [-0.2, 0) is 28.6 Å². The molecule has 0 N–H and O–H groups in total. The minimum Gasteiger partial charge on any atom is -0.544 e. The van der Waals surface area contributed by atoms with Crippen LogP contribution in [0.15, 0.2) is 36.5 Å². The quantitative estimate of drug-likeness (QED) is 0.0262. The number of rotatable bonds is 42. The van der Waals surface area contributed by atoms with Gasteiger partial charge in [0.2, 0.25) is 0 Å². The van der Waals surface area contributed by atoms with Gasteiger partial charge in [-0.1, -0.05) is 153 Å². The molecule has 57 heavy (non-hydrogen) atoms. The molecule has 0 aromatic rings. The third-order valence-electron chi connectivity index (χ3n) is 10.5. The Hall–Kier alpha value is -2.45. The molecule has 8 heteroatoms. The molecular weight excluding hydrogens is 715 g/mol.